The van der Waals surface area contributed by atoms with E-state index in [1.165, 1.54) is 47.9 Å². The summed E-state index contributed by atoms with van der Waals surface area (Å²) in [6.07, 6.45) is 13.7. The Morgan fingerprint density at radius 2 is 1.72 bits per heavy atom. The molecule has 3 N–H and O–H groups in total. The summed E-state index contributed by atoms with van der Waals surface area (Å²) in [5.74, 6) is 0.627. The minimum atomic E-state index is -0.989. The largest absolute Gasteiger partial charge is 0.384 e. The number of pyridine rings is 1. The number of aliphatic hydroxyl groups is 1. The van der Waals surface area contributed by atoms with Gasteiger partial charge in [0.2, 0.25) is 17.8 Å². The van der Waals surface area contributed by atoms with Gasteiger partial charge in [-0.2, -0.15) is 4.98 Å². The number of nitrogens with one attached hydrogen (secondary N) is 2. The van der Waals surface area contributed by atoms with Gasteiger partial charge in [0.25, 0.3) is 5.56 Å². The lowest BCUT2D eigenvalue weighted by Gasteiger charge is -2.40. The quantitative estimate of drug-likeness (QED) is 0.106. The summed E-state index contributed by atoms with van der Waals surface area (Å²) in [4.78, 5) is 57.7. The van der Waals surface area contributed by atoms with E-state index < -0.39 is 11.5 Å². The van der Waals surface area contributed by atoms with Crippen molar-refractivity contribution in [2.75, 3.05) is 31.5 Å². The lowest BCUT2D eigenvalue weighted by molar-refractivity contribution is -0.134. The number of allylic oxidation sites excluding steroid dienone is 1. The van der Waals surface area contributed by atoms with E-state index in [0.717, 1.165) is 80.6 Å². The fourth-order valence-corrected chi connectivity index (χ4v) is 11.4. The Labute approximate surface area is 376 Å². The SMILES string of the molecule is C=CCn1c(=O)c2cnc(Nc3ccc4c(c3)CCN([C@H]3CC[C@@H](CN5CCc6ccc7c(C8CCC(=O)NC8=O)noc7c6CC5)CC3)C4)nc2n1-c1ccc2c(n1)[C@@](O)(CC)CC2. The van der Waals surface area contributed by atoms with Crippen LogP contribution in [-0.4, -0.2) is 88.4 Å². The van der Waals surface area contributed by atoms with Crippen molar-refractivity contribution in [1.82, 2.24) is 44.6 Å². The smallest absolute Gasteiger partial charge is 0.278 e. The molecule has 2 atom stereocenters. The number of piperidine rings is 1. The molecule has 1 unspecified atom stereocenters. The maximum atomic E-state index is 13.6. The normalized spacial score (nSPS) is 23.8. The minimum Gasteiger partial charge on any atom is -0.384 e. The van der Waals surface area contributed by atoms with Gasteiger partial charge in [0.05, 0.1) is 18.2 Å². The van der Waals surface area contributed by atoms with Gasteiger partial charge in [-0.25, -0.2) is 19.3 Å². The second-order valence-electron chi connectivity index (χ2n) is 18.9. The third-order valence-electron chi connectivity index (χ3n) is 15.2. The van der Waals surface area contributed by atoms with Crippen molar-refractivity contribution in [1.29, 1.82) is 0 Å². The van der Waals surface area contributed by atoms with Crippen LogP contribution in [-0.2, 0) is 54.0 Å². The van der Waals surface area contributed by atoms with Crippen LogP contribution in [0, 0.1) is 5.92 Å². The number of anilines is 2. The topological polar surface area (TPSA) is 177 Å². The summed E-state index contributed by atoms with van der Waals surface area (Å²) in [6, 6.07) is 15.3. The molecule has 15 nitrogen and oxygen atoms in total. The standard InChI is InChI=1S/C50H56N10O5/c1-3-22-59-48(63)40-27-51-49(55-46(40)60(59)41-15-9-32-17-21-50(64,4-2)45(32)53-41)52-35-10-7-34-29-58(25-19-33(34)26-35)36-11-5-30(6-12-36)28-57-23-18-31-8-13-38-43(39-14-16-42(61)54-47(39)62)56-65-44(38)37(31)20-24-57/h3,7-10,13,15,26-27,30,36,39,64H,1,4-6,11-12,14,16-25,28-29H2,2H3,(H,51,52,55)(H,54,61,62)/t30-,36+,39?,50-/m1/s1. The van der Waals surface area contributed by atoms with Gasteiger partial charge >= 0.3 is 0 Å². The number of nitrogens with zero attached hydrogens (tertiary/aromatic N) is 8. The van der Waals surface area contributed by atoms with E-state index in [1.54, 1.807) is 21.6 Å². The minimum absolute atomic E-state index is 0.225. The van der Waals surface area contributed by atoms with Crippen LogP contribution >= 0.6 is 0 Å². The number of fused-ring (bicyclic) bond motifs is 6. The van der Waals surface area contributed by atoms with Crippen LogP contribution in [0.15, 0.2) is 70.6 Å². The Kier molecular flexibility index (Phi) is 10.7. The van der Waals surface area contributed by atoms with Gasteiger partial charge in [-0.1, -0.05) is 36.4 Å². The van der Waals surface area contributed by atoms with Gasteiger partial charge in [0, 0.05) is 68.0 Å². The first-order valence-corrected chi connectivity index (χ1v) is 23.6. The number of amides is 2. The molecule has 3 aliphatic heterocycles. The van der Waals surface area contributed by atoms with Crippen LogP contribution in [0.5, 0.6) is 0 Å². The predicted octanol–water partition coefficient (Wildman–Crippen LogP) is 6.13. The molecule has 0 radical (unpaired) electrons. The number of aryl methyl sites for hydroxylation is 1. The maximum Gasteiger partial charge on any atom is 0.278 e. The Hall–Kier alpha value is -6.03. The first-order valence-electron chi connectivity index (χ1n) is 23.6. The molecule has 65 heavy (non-hydrogen) atoms. The lowest BCUT2D eigenvalue weighted by Crippen LogP contribution is -2.42. The molecule has 6 aromatic rings. The molecule has 336 valence electrons. The molecule has 4 aromatic heterocycles. The molecule has 15 heteroatoms. The zero-order valence-corrected chi connectivity index (χ0v) is 37.0. The fourth-order valence-electron chi connectivity index (χ4n) is 11.4. The van der Waals surface area contributed by atoms with Crippen LogP contribution in [0.25, 0.3) is 27.8 Å². The van der Waals surface area contributed by atoms with Crippen molar-refractivity contribution in [3.05, 3.63) is 111 Å². The Balaban J connectivity index is 0.715. The first kappa shape index (κ1) is 41.7. The summed E-state index contributed by atoms with van der Waals surface area (Å²) in [5.41, 5.74) is 8.47. The Bertz CT molecular complexity index is 2930. The average Bonchev–Trinajstić information content (AvgIpc) is 3.93. The third kappa shape index (κ3) is 7.56. The van der Waals surface area contributed by atoms with Crippen molar-refractivity contribution < 1.29 is 19.2 Å². The second-order valence-corrected chi connectivity index (χ2v) is 18.9. The molecule has 2 aromatic carbocycles. The van der Waals surface area contributed by atoms with Crippen molar-refractivity contribution in [2.24, 2.45) is 5.92 Å². The van der Waals surface area contributed by atoms with Crippen molar-refractivity contribution in [3.63, 3.8) is 0 Å². The maximum absolute atomic E-state index is 13.6. The predicted molar refractivity (Wildman–Crippen MR) is 246 cm³/mol. The van der Waals surface area contributed by atoms with E-state index in [4.69, 9.17) is 14.5 Å². The number of rotatable bonds is 10. The van der Waals surface area contributed by atoms with Gasteiger partial charge in [-0.05, 0) is 123 Å². The van der Waals surface area contributed by atoms with Crippen molar-refractivity contribution in [3.8, 4) is 5.82 Å². The molecular weight excluding hydrogens is 821 g/mol. The summed E-state index contributed by atoms with van der Waals surface area (Å²) in [6.45, 7) is 11.2. The monoisotopic (exact) mass is 876 g/mol. The molecule has 0 spiro atoms. The van der Waals surface area contributed by atoms with E-state index in [9.17, 15) is 19.5 Å². The van der Waals surface area contributed by atoms with Crippen LogP contribution < -0.4 is 16.2 Å². The molecule has 1 saturated carbocycles. The molecule has 7 heterocycles. The van der Waals surface area contributed by atoms with Gasteiger partial charge in [-0.3, -0.25) is 24.6 Å². The number of benzene rings is 2. The zero-order chi connectivity index (χ0) is 44.4. The summed E-state index contributed by atoms with van der Waals surface area (Å²) in [5, 5.41) is 22.9. The number of imide groups is 1. The van der Waals surface area contributed by atoms with E-state index in [1.807, 2.05) is 19.1 Å². The molecule has 2 amide bonds. The highest BCUT2D eigenvalue weighted by molar-refractivity contribution is 6.02. The molecule has 2 fully saturated rings. The number of hydrogen-bond acceptors (Lipinski definition) is 12. The zero-order valence-electron chi connectivity index (χ0n) is 37.0. The van der Waals surface area contributed by atoms with E-state index in [0.29, 0.717) is 71.8 Å². The third-order valence-corrected chi connectivity index (χ3v) is 15.2. The van der Waals surface area contributed by atoms with Gasteiger partial charge < -0.3 is 19.8 Å². The molecule has 5 aliphatic rings. The average molecular weight is 877 g/mol. The second kappa shape index (κ2) is 16.8. The van der Waals surface area contributed by atoms with Crippen molar-refractivity contribution >= 4 is 45.5 Å². The highest BCUT2D eigenvalue weighted by atomic mass is 16.5. The molecule has 11 rings (SSSR count). The summed E-state index contributed by atoms with van der Waals surface area (Å²) in [7, 11) is 0. The van der Waals surface area contributed by atoms with E-state index in [-0.39, 0.29) is 23.9 Å². The highest BCUT2D eigenvalue weighted by Gasteiger charge is 2.38. The van der Waals surface area contributed by atoms with Crippen molar-refractivity contribution in [2.45, 2.75) is 115 Å². The molecule has 1 saturated heterocycles. The molecule has 2 aliphatic carbocycles. The number of aromatic nitrogens is 6. The summed E-state index contributed by atoms with van der Waals surface area (Å²) < 4.78 is 9.22. The number of carbonyl (C=O) groups is 2. The fraction of sp³-hybridized carbons (Fsp3) is 0.460. The Morgan fingerprint density at radius 1 is 0.908 bits per heavy atom. The summed E-state index contributed by atoms with van der Waals surface area (Å²) >= 11 is 0. The van der Waals surface area contributed by atoms with Gasteiger partial charge in [-0.15, -0.1) is 6.58 Å². The molecular formula is C50H56N10O5. The lowest BCUT2D eigenvalue weighted by atomic mass is 9.84. The van der Waals surface area contributed by atoms with Crippen LogP contribution in [0.2, 0.25) is 0 Å². The van der Waals surface area contributed by atoms with Gasteiger partial charge in [0.1, 0.15) is 16.7 Å². The van der Waals surface area contributed by atoms with Crippen LogP contribution in [0.1, 0.15) is 103 Å². The first-order chi connectivity index (χ1) is 31.7. The number of carbonyl (C=O) groups excluding carboxylic acids is 2. The van der Waals surface area contributed by atoms with Gasteiger partial charge in [0.15, 0.2) is 17.0 Å². The Morgan fingerprint density at radius 3 is 2.55 bits per heavy atom. The highest BCUT2D eigenvalue weighted by Crippen LogP contribution is 2.39. The van der Waals surface area contributed by atoms with E-state index >= 15 is 0 Å². The van der Waals surface area contributed by atoms with Crippen LogP contribution in [0.3, 0.4) is 0 Å². The molecule has 0 bridgehead atoms. The number of hydrogen-bond donors (Lipinski definition) is 3. The van der Waals surface area contributed by atoms with E-state index in [2.05, 4.69) is 67.5 Å². The van der Waals surface area contributed by atoms with Crippen LogP contribution in [0.4, 0.5) is 11.6 Å².